The van der Waals surface area contributed by atoms with E-state index in [2.05, 4.69) is 4.98 Å². The molecule has 1 aromatic heterocycles. The van der Waals surface area contributed by atoms with Crippen LogP contribution in [0.5, 0.6) is 0 Å². The lowest BCUT2D eigenvalue weighted by molar-refractivity contribution is 0.786. The van der Waals surface area contributed by atoms with Crippen LogP contribution in [0.15, 0.2) is 21.7 Å². The van der Waals surface area contributed by atoms with Gasteiger partial charge in [0, 0.05) is 7.05 Å². The van der Waals surface area contributed by atoms with Crippen molar-refractivity contribution in [3.05, 3.63) is 44.2 Å². The van der Waals surface area contributed by atoms with Crippen LogP contribution in [0.2, 0.25) is 0 Å². The molecule has 0 aliphatic heterocycles. The molecule has 1 rings (SSSR count). The SMILES string of the molecule is C/C=C\c1c(/C=C\C)n(C)c(=O)[nH]c1=O. The summed E-state index contributed by atoms with van der Waals surface area (Å²) < 4.78 is 1.41. The summed E-state index contributed by atoms with van der Waals surface area (Å²) in [6, 6.07) is 0. The quantitative estimate of drug-likeness (QED) is 0.788. The maximum atomic E-state index is 11.5. The van der Waals surface area contributed by atoms with Gasteiger partial charge in [0.25, 0.3) is 5.56 Å². The van der Waals surface area contributed by atoms with Gasteiger partial charge in [0.05, 0.1) is 11.3 Å². The fourth-order valence-electron chi connectivity index (χ4n) is 1.34. The van der Waals surface area contributed by atoms with Gasteiger partial charge in [-0.2, -0.15) is 0 Å². The Kier molecular flexibility index (Phi) is 3.44. The molecular formula is C11H14N2O2. The molecule has 0 aliphatic carbocycles. The van der Waals surface area contributed by atoms with E-state index in [4.69, 9.17) is 0 Å². The van der Waals surface area contributed by atoms with Crippen molar-refractivity contribution in [2.24, 2.45) is 7.05 Å². The average molecular weight is 206 g/mol. The van der Waals surface area contributed by atoms with Crippen LogP contribution in [0.4, 0.5) is 0 Å². The van der Waals surface area contributed by atoms with Crippen molar-refractivity contribution in [2.45, 2.75) is 13.8 Å². The van der Waals surface area contributed by atoms with Crippen molar-refractivity contribution in [1.29, 1.82) is 0 Å². The van der Waals surface area contributed by atoms with E-state index in [1.54, 1.807) is 31.4 Å². The fraction of sp³-hybridized carbons (Fsp3) is 0.273. The number of rotatable bonds is 2. The van der Waals surface area contributed by atoms with Gasteiger partial charge in [-0.15, -0.1) is 0 Å². The van der Waals surface area contributed by atoms with E-state index in [1.165, 1.54) is 4.57 Å². The molecule has 80 valence electrons. The van der Waals surface area contributed by atoms with Crippen molar-refractivity contribution >= 4 is 12.2 Å². The van der Waals surface area contributed by atoms with Crippen LogP contribution < -0.4 is 11.2 Å². The second kappa shape index (κ2) is 4.59. The highest BCUT2D eigenvalue weighted by atomic mass is 16.2. The zero-order valence-corrected chi connectivity index (χ0v) is 9.07. The normalized spacial score (nSPS) is 11.7. The van der Waals surface area contributed by atoms with Crippen molar-refractivity contribution < 1.29 is 0 Å². The maximum absolute atomic E-state index is 11.5. The molecule has 1 aromatic rings. The number of allylic oxidation sites excluding steroid dienone is 2. The van der Waals surface area contributed by atoms with Gasteiger partial charge in [0.1, 0.15) is 0 Å². The highest BCUT2D eigenvalue weighted by Crippen LogP contribution is 2.05. The first kappa shape index (κ1) is 11.2. The average Bonchev–Trinajstić information content (AvgIpc) is 2.20. The van der Waals surface area contributed by atoms with Crippen LogP contribution in [-0.2, 0) is 7.05 Å². The molecule has 1 heterocycles. The standard InChI is InChI=1S/C11H14N2O2/c1-4-6-8-9(7-5-2)13(3)11(15)12-10(8)14/h4-7H,1-3H3,(H,12,14,15)/b6-4-,7-5-. The molecule has 4 heteroatoms. The second-order valence-electron chi connectivity index (χ2n) is 3.12. The monoisotopic (exact) mass is 206 g/mol. The molecule has 0 bridgehead atoms. The van der Waals surface area contributed by atoms with Gasteiger partial charge in [0.2, 0.25) is 0 Å². The molecule has 0 saturated carbocycles. The van der Waals surface area contributed by atoms with Crippen LogP contribution in [0, 0.1) is 0 Å². The van der Waals surface area contributed by atoms with Gasteiger partial charge >= 0.3 is 5.69 Å². The first-order valence-corrected chi connectivity index (χ1v) is 4.70. The number of nitrogens with zero attached hydrogens (tertiary/aromatic N) is 1. The van der Waals surface area contributed by atoms with E-state index in [0.29, 0.717) is 11.3 Å². The van der Waals surface area contributed by atoms with Crippen LogP contribution in [0.1, 0.15) is 25.1 Å². The van der Waals surface area contributed by atoms with E-state index >= 15 is 0 Å². The van der Waals surface area contributed by atoms with Crippen molar-refractivity contribution in [3.8, 4) is 0 Å². The molecule has 15 heavy (non-hydrogen) atoms. The summed E-state index contributed by atoms with van der Waals surface area (Å²) >= 11 is 0. The van der Waals surface area contributed by atoms with E-state index in [-0.39, 0.29) is 5.56 Å². The minimum absolute atomic E-state index is 0.357. The summed E-state index contributed by atoms with van der Waals surface area (Å²) in [6.07, 6.45) is 6.99. The largest absolute Gasteiger partial charge is 0.328 e. The van der Waals surface area contributed by atoms with Crippen LogP contribution in [-0.4, -0.2) is 9.55 Å². The highest BCUT2D eigenvalue weighted by Gasteiger charge is 2.06. The Morgan fingerprint density at radius 1 is 1.13 bits per heavy atom. The topological polar surface area (TPSA) is 54.9 Å². The minimum atomic E-state index is -0.402. The van der Waals surface area contributed by atoms with Crippen LogP contribution in [0.3, 0.4) is 0 Å². The lowest BCUT2D eigenvalue weighted by Gasteiger charge is -2.05. The maximum Gasteiger partial charge on any atom is 0.328 e. The lowest BCUT2D eigenvalue weighted by atomic mass is 10.2. The molecular weight excluding hydrogens is 192 g/mol. The Morgan fingerprint density at radius 3 is 2.27 bits per heavy atom. The second-order valence-corrected chi connectivity index (χ2v) is 3.12. The molecule has 0 fully saturated rings. The van der Waals surface area contributed by atoms with Crippen LogP contribution >= 0.6 is 0 Å². The summed E-state index contributed by atoms with van der Waals surface area (Å²) in [6.45, 7) is 3.66. The third kappa shape index (κ3) is 2.15. The molecule has 1 N–H and O–H groups in total. The summed E-state index contributed by atoms with van der Waals surface area (Å²) in [5, 5.41) is 0. The van der Waals surface area contributed by atoms with Crippen molar-refractivity contribution in [2.75, 3.05) is 0 Å². The molecule has 0 radical (unpaired) electrons. The Balaban J connectivity index is 3.69. The van der Waals surface area contributed by atoms with Gasteiger partial charge in [-0.25, -0.2) is 4.79 Å². The number of aromatic amines is 1. The van der Waals surface area contributed by atoms with Crippen molar-refractivity contribution in [3.63, 3.8) is 0 Å². The zero-order chi connectivity index (χ0) is 11.4. The minimum Gasteiger partial charge on any atom is -0.296 e. The van der Waals surface area contributed by atoms with Gasteiger partial charge < -0.3 is 0 Å². The third-order valence-electron chi connectivity index (χ3n) is 2.06. The first-order valence-electron chi connectivity index (χ1n) is 4.70. The smallest absolute Gasteiger partial charge is 0.296 e. The Hall–Kier alpha value is -1.84. The molecule has 0 atom stereocenters. The van der Waals surface area contributed by atoms with E-state index in [0.717, 1.165) is 0 Å². The van der Waals surface area contributed by atoms with Crippen molar-refractivity contribution in [1.82, 2.24) is 9.55 Å². The predicted octanol–water partition coefficient (Wildman–Crippen LogP) is 1.14. The molecule has 0 spiro atoms. The number of aromatic nitrogens is 2. The number of nitrogens with one attached hydrogen (secondary N) is 1. The van der Waals surface area contributed by atoms with Gasteiger partial charge in [-0.1, -0.05) is 18.2 Å². The summed E-state index contributed by atoms with van der Waals surface area (Å²) in [5.41, 5.74) is 0.354. The van der Waals surface area contributed by atoms with Gasteiger partial charge in [0.15, 0.2) is 0 Å². The molecule has 0 amide bonds. The first-order chi connectivity index (χ1) is 7.11. The summed E-state index contributed by atoms with van der Waals surface area (Å²) in [7, 11) is 1.63. The molecule has 0 unspecified atom stereocenters. The third-order valence-corrected chi connectivity index (χ3v) is 2.06. The fourth-order valence-corrected chi connectivity index (χ4v) is 1.34. The molecule has 0 saturated heterocycles. The Morgan fingerprint density at radius 2 is 1.73 bits per heavy atom. The van der Waals surface area contributed by atoms with E-state index in [1.807, 2.05) is 13.8 Å². The molecule has 4 nitrogen and oxygen atoms in total. The van der Waals surface area contributed by atoms with Gasteiger partial charge in [-0.05, 0) is 19.9 Å². The van der Waals surface area contributed by atoms with E-state index in [9.17, 15) is 9.59 Å². The summed E-state index contributed by atoms with van der Waals surface area (Å²) in [4.78, 5) is 25.1. The highest BCUT2D eigenvalue weighted by molar-refractivity contribution is 5.61. The number of H-pyrrole nitrogens is 1. The predicted molar refractivity (Wildman–Crippen MR) is 61.7 cm³/mol. The summed E-state index contributed by atoms with van der Waals surface area (Å²) in [5.74, 6) is 0. The number of hydrogen-bond acceptors (Lipinski definition) is 2. The zero-order valence-electron chi connectivity index (χ0n) is 9.07. The number of hydrogen-bond donors (Lipinski definition) is 1. The molecule has 0 aromatic carbocycles. The van der Waals surface area contributed by atoms with Crippen LogP contribution in [0.25, 0.3) is 12.2 Å². The van der Waals surface area contributed by atoms with Gasteiger partial charge in [-0.3, -0.25) is 14.3 Å². The molecule has 0 aliphatic rings. The Labute approximate surface area is 87.6 Å². The Bertz CT molecular complexity index is 518. The van der Waals surface area contributed by atoms with E-state index < -0.39 is 5.69 Å². The lowest BCUT2D eigenvalue weighted by Crippen LogP contribution is -2.31.